The van der Waals surface area contributed by atoms with Crippen molar-refractivity contribution >= 4 is 29.1 Å². The average molecular weight is 541 g/mol. The van der Waals surface area contributed by atoms with Crippen LogP contribution in [0.3, 0.4) is 0 Å². The Morgan fingerprint density at radius 3 is 2.49 bits per heavy atom. The Kier molecular flexibility index (Phi) is 8.85. The molecule has 2 aromatic carbocycles. The number of nitrogens with zero attached hydrogens (tertiary/aromatic N) is 5. The molecule has 3 aromatic rings. The molecule has 0 bridgehead atoms. The van der Waals surface area contributed by atoms with Gasteiger partial charge in [-0.3, -0.25) is 14.5 Å². The van der Waals surface area contributed by atoms with Gasteiger partial charge in [0.15, 0.2) is 0 Å². The van der Waals surface area contributed by atoms with E-state index in [4.69, 9.17) is 11.6 Å². The molecule has 0 saturated heterocycles. The van der Waals surface area contributed by atoms with Gasteiger partial charge in [0, 0.05) is 12.2 Å². The summed E-state index contributed by atoms with van der Waals surface area (Å²) in [5, 5.41) is 13.7. The molecule has 3 rings (SSSR count). The summed E-state index contributed by atoms with van der Waals surface area (Å²) in [4.78, 5) is 27.9. The summed E-state index contributed by atoms with van der Waals surface area (Å²) in [6.45, 7) is 5.09. The molecular weight excluding hydrogens is 516 g/mol. The zero-order valence-corrected chi connectivity index (χ0v) is 21.0. The second-order valence-electron chi connectivity index (χ2n) is 8.70. The third-order valence-corrected chi connectivity index (χ3v) is 5.76. The highest BCUT2D eigenvalue weighted by Crippen LogP contribution is 2.37. The normalized spacial score (nSPS) is 12.5. The summed E-state index contributed by atoms with van der Waals surface area (Å²) in [5.41, 5.74) is -1.29. The Labute approximate surface area is 215 Å². The van der Waals surface area contributed by atoms with Crippen molar-refractivity contribution in [1.29, 1.82) is 0 Å². The van der Waals surface area contributed by atoms with Gasteiger partial charge in [-0.05, 0) is 54.8 Å². The van der Waals surface area contributed by atoms with Gasteiger partial charge in [-0.25, -0.2) is 4.39 Å². The lowest BCUT2D eigenvalue weighted by atomic mass is 10.1. The monoisotopic (exact) mass is 540 g/mol. The minimum absolute atomic E-state index is 0.0588. The summed E-state index contributed by atoms with van der Waals surface area (Å²) >= 11 is 5.74. The molecule has 0 spiro atoms. The number of nitrogens with one attached hydrogen (secondary N) is 1. The van der Waals surface area contributed by atoms with Gasteiger partial charge in [0.2, 0.25) is 11.7 Å². The van der Waals surface area contributed by atoms with E-state index in [1.54, 1.807) is 6.07 Å². The fraction of sp³-hybridized carbons (Fsp3) is 0.375. The minimum atomic E-state index is -4.79. The predicted molar refractivity (Wildman–Crippen MR) is 129 cm³/mol. The van der Waals surface area contributed by atoms with E-state index in [-0.39, 0.29) is 17.1 Å². The summed E-state index contributed by atoms with van der Waals surface area (Å²) in [6.07, 6.45) is -4.11. The molecular formula is C24H25ClF4N6O2. The number of aromatic nitrogens is 4. The van der Waals surface area contributed by atoms with Crippen LogP contribution in [0.2, 0.25) is 5.02 Å². The van der Waals surface area contributed by atoms with Gasteiger partial charge in [-0.2, -0.15) is 18.0 Å². The van der Waals surface area contributed by atoms with Crippen LogP contribution in [-0.4, -0.2) is 44.6 Å². The molecule has 198 valence electrons. The zero-order chi connectivity index (χ0) is 27.3. The van der Waals surface area contributed by atoms with Crippen LogP contribution >= 0.6 is 11.6 Å². The van der Waals surface area contributed by atoms with Gasteiger partial charge in [0.1, 0.15) is 18.4 Å². The summed E-state index contributed by atoms with van der Waals surface area (Å²) in [7, 11) is 0. The van der Waals surface area contributed by atoms with Crippen molar-refractivity contribution in [1.82, 2.24) is 25.5 Å². The molecule has 1 atom stereocenters. The zero-order valence-electron chi connectivity index (χ0n) is 20.3. The first-order valence-corrected chi connectivity index (χ1v) is 11.8. The molecule has 0 unspecified atom stereocenters. The van der Waals surface area contributed by atoms with Crippen molar-refractivity contribution in [2.75, 3.05) is 11.4 Å². The van der Waals surface area contributed by atoms with Crippen molar-refractivity contribution in [3.05, 3.63) is 58.9 Å². The molecule has 0 aliphatic carbocycles. The number of carbonyl (C=O) groups is 2. The molecule has 1 N–H and O–H groups in total. The van der Waals surface area contributed by atoms with Gasteiger partial charge >= 0.3 is 6.18 Å². The number of carbonyl (C=O) groups excluding carboxylic acids is 2. The quantitative estimate of drug-likeness (QED) is 0.396. The maximum Gasteiger partial charge on any atom is 0.417 e. The van der Waals surface area contributed by atoms with Crippen LogP contribution in [-0.2, 0) is 22.3 Å². The highest BCUT2D eigenvalue weighted by molar-refractivity contribution is 6.31. The lowest BCUT2D eigenvalue weighted by Crippen LogP contribution is -2.49. The highest BCUT2D eigenvalue weighted by atomic mass is 35.5. The van der Waals surface area contributed by atoms with Crippen molar-refractivity contribution in [2.45, 2.75) is 46.0 Å². The number of amides is 2. The van der Waals surface area contributed by atoms with Gasteiger partial charge in [0.05, 0.1) is 16.1 Å². The number of benzene rings is 2. The number of anilines is 1. The summed E-state index contributed by atoms with van der Waals surface area (Å²) < 4.78 is 54.6. The number of tetrazole rings is 1. The van der Waals surface area contributed by atoms with E-state index in [0.717, 1.165) is 15.8 Å². The van der Waals surface area contributed by atoms with Gasteiger partial charge in [-0.15, -0.1) is 10.2 Å². The predicted octanol–water partition coefficient (Wildman–Crippen LogP) is 4.74. The molecule has 8 nitrogen and oxygen atoms in total. The Bertz CT molecular complexity index is 1260. The largest absolute Gasteiger partial charge is 0.417 e. The third kappa shape index (κ3) is 7.03. The molecule has 1 aromatic heterocycles. The molecule has 0 saturated carbocycles. The van der Waals surface area contributed by atoms with Crippen LogP contribution < -0.4 is 10.2 Å². The molecule has 37 heavy (non-hydrogen) atoms. The lowest BCUT2D eigenvalue weighted by Gasteiger charge is -2.29. The van der Waals surface area contributed by atoms with Gasteiger partial charge in [-0.1, -0.05) is 37.6 Å². The van der Waals surface area contributed by atoms with E-state index < -0.39 is 47.0 Å². The fourth-order valence-corrected chi connectivity index (χ4v) is 3.70. The number of hydrogen-bond acceptors (Lipinski definition) is 5. The molecule has 2 amide bonds. The first-order valence-electron chi connectivity index (χ1n) is 11.4. The van der Waals surface area contributed by atoms with Crippen LogP contribution in [0.25, 0.3) is 11.4 Å². The van der Waals surface area contributed by atoms with Crippen LogP contribution in [0, 0.1) is 11.7 Å². The molecule has 0 aliphatic heterocycles. The molecule has 0 aliphatic rings. The Hall–Kier alpha value is -3.54. The Morgan fingerprint density at radius 1 is 1.14 bits per heavy atom. The molecule has 0 fully saturated rings. The first-order chi connectivity index (χ1) is 17.4. The van der Waals surface area contributed by atoms with Crippen LogP contribution in [0.4, 0.5) is 23.2 Å². The van der Waals surface area contributed by atoms with Crippen molar-refractivity contribution in [2.24, 2.45) is 5.92 Å². The second-order valence-corrected chi connectivity index (χ2v) is 9.11. The van der Waals surface area contributed by atoms with Gasteiger partial charge in [0.25, 0.3) is 5.91 Å². The lowest BCUT2D eigenvalue weighted by molar-refractivity contribution is -0.137. The highest BCUT2D eigenvalue weighted by Gasteiger charge is 2.35. The van der Waals surface area contributed by atoms with Crippen molar-refractivity contribution in [3.63, 3.8) is 0 Å². The first kappa shape index (κ1) is 28.0. The average Bonchev–Trinajstić information content (AvgIpc) is 3.27. The van der Waals surface area contributed by atoms with E-state index in [1.165, 1.54) is 31.2 Å². The minimum Gasteiger partial charge on any atom is -0.354 e. The number of rotatable bonds is 9. The maximum absolute atomic E-state index is 14.1. The van der Waals surface area contributed by atoms with E-state index in [0.29, 0.717) is 24.9 Å². The molecule has 0 radical (unpaired) electrons. The Morgan fingerprint density at radius 2 is 1.84 bits per heavy atom. The fourth-order valence-electron chi connectivity index (χ4n) is 3.47. The topological polar surface area (TPSA) is 93.0 Å². The maximum atomic E-state index is 14.1. The van der Waals surface area contributed by atoms with Gasteiger partial charge < -0.3 is 5.32 Å². The van der Waals surface area contributed by atoms with E-state index in [1.807, 2.05) is 13.8 Å². The van der Waals surface area contributed by atoms with Crippen molar-refractivity contribution < 1.29 is 27.2 Å². The third-order valence-electron chi connectivity index (χ3n) is 5.43. The summed E-state index contributed by atoms with van der Waals surface area (Å²) in [5.74, 6) is -1.72. The van der Waals surface area contributed by atoms with E-state index in [9.17, 15) is 27.2 Å². The van der Waals surface area contributed by atoms with Crippen LogP contribution in [0.15, 0.2) is 42.5 Å². The number of alkyl halides is 3. The molecule has 13 heteroatoms. The Balaban J connectivity index is 1.92. The number of hydrogen-bond donors (Lipinski definition) is 1. The van der Waals surface area contributed by atoms with Crippen LogP contribution in [0.1, 0.15) is 32.8 Å². The smallest absolute Gasteiger partial charge is 0.354 e. The molecule has 1 heterocycles. The standard InChI is InChI=1S/C24H25ClF4N6O2/c1-14(2)10-11-30-23(37)15(3)35(16-8-9-19(25)18(12-16)24(27,28)29)21(36)13-34-32-22(31-33-34)17-6-4-5-7-20(17)26/h4-9,12,14-15H,10-11,13H2,1-3H3,(H,30,37)/t15-/m1/s1. The number of halogens is 5. The SMILES string of the molecule is CC(C)CCNC(=O)[C@@H](C)N(C(=O)Cn1nnc(-c2ccccc2F)n1)c1ccc(Cl)c(C(F)(F)F)c1. The van der Waals surface area contributed by atoms with Crippen molar-refractivity contribution in [3.8, 4) is 11.4 Å². The van der Waals surface area contributed by atoms with Crippen LogP contribution in [0.5, 0.6) is 0 Å². The summed E-state index contributed by atoms with van der Waals surface area (Å²) in [6, 6.07) is 7.45. The second kappa shape index (κ2) is 11.7. The van der Waals surface area contributed by atoms with E-state index in [2.05, 4.69) is 20.7 Å². The van der Waals surface area contributed by atoms with E-state index >= 15 is 0 Å².